The molecule has 2 aromatic rings. The van der Waals surface area contributed by atoms with E-state index in [1.165, 1.54) is 22.4 Å². The van der Waals surface area contributed by atoms with E-state index in [4.69, 9.17) is 9.84 Å². The standard InChI is InChI=1S/C25H34O4S/c1-5-23-21-10-15(2)6-8-20(21)25(30-23)22(28)9-7-18-11-16(3)24(17(4)12-18)29-14-19(27)13-26/h11-12,15,19,26-27H,5-10,13-14H2,1-4H3. The summed E-state index contributed by atoms with van der Waals surface area (Å²) in [7, 11) is 0. The molecule has 30 heavy (non-hydrogen) atoms. The molecule has 4 nitrogen and oxygen atoms in total. The molecular formula is C25H34O4S. The van der Waals surface area contributed by atoms with Gasteiger partial charge in [-0.2, -0.15) is 0 Å². The van der Waals surface area contributed by atoms with Crippen LogP contribution in [0.1, 0.15) is 69.1 Å². The maximum atomic E-state index is 13.1. The molecule has 0 saturated heterocycles. The molecular weight excluding hydrogens is 396 g/mol. The van der Waals surface area contributed by atoms with Crippen molar-refractivity contribution in [2.24, 2.45) is 5.92 Å². The molecule has 0 bridgehead atoms. The summed E-state index contributed by atoms with van der Waals surface area (Å²) < 4.78 is 5.68. The van der Waals surface area contributed by atoms with Crippen LogP contribution in [0.3, 0.4) is 0 Å². The van der Waals surface area contributed by atoms with Crippen LogP contribution in [0.2, 0.25) is 0 Å². The summed E-state index contributed by atoms with van der Waals surface area (Å²) in [5, 5.41) is 18.5. The molecule has 0 radical (unpaired) electrons. The van der Waals surface area contributed by atoms with E-state index in [0.29, 0.717) is 18.8 Å². The van der Waals surface area contributed by atoms with Gasteiger partial charge in [-0.05, 0) is 79.7 Å². The molecule has 1 heterocycles. The van der Waals surface area contributed by atoms with Gasteiger partial charge in [0, 0.05) is 11.3 Å². The molecule has 1 aliphatic carbocycles. The topological polar surface area (TPSA) is 66.8 Å². The number of hydrogen-bond acceptors (Lipinski definition) is 5. The summed E-state index contributed by atoms with van der Waals surface area (Å²) in [5.41, 5.74) is 5.89. The van der Waals surface area contributed by atoms with Gasteiger partial charge in [0.25, 0.3) is 0 Å². The van der Waals surface area contributed by atoms with Crippen molar-refractivity contribution in [2.45, 2.75) is 72.3 Å². The molecule has 1 aromatic carbocycles. The second-order valence-corrected chi connectivity index (χ2v) is 9.75. The Morgan fingerprint density at radius 3 is 2.60 bits per heavy atom. The number of rotatable bonds is 9. The molecule has 0 fully saturated rings. The third-order valence-corrected chi connectivity index (χ3v) is 7.47. The van der Waals surface area contributed by atoms with Crippen molar-refractivity contribution in [2.75, 3.05) is 13.2 Å². The number of thiophene rings is 1. The molecule has 2 atom stereocenters. The van der Waals surface area contributed by atoms with E-state index in [0.717, 1.165) is 46.6 Å². The summed E-state index contributed by atoms with van der Waals surface area (Å²) in [6.45, 7) is 8.20. The average molecular weight is 431 g/mol. The van der Waals surface area contributed by atoms with Gasteiger partial charge >= 0.3 is 0 Å². The molecule has 3 rings (SSSR count). The normalized spacial score (nSPS) is 16.9. The van der Waals surface area contributed by atoms with Gasteiger partial charge in [0.05, 0.1) is 11.5 Å². The predicted octanol–water partition coefficient (Wildman–Crippen LogP) is 4.60. The summed E-state index contributed by atoms with van der Waals surface area (Å²) in [6, 6.07) is 4.12. The monoisotopic (exact) mass is 430 g/mol. The number of carbonyl (C=O) groups is 1. The van der Waals surface area contributed by atoms with Crippen LogP contribution in [0.5, 0.6) is 5.75 Å². The van der Waals surface area contributed by atoms with Gasteiger partial charge in [0.15, 0.2) is 5.78 Å². The summed E-state index contributed by atoms with van der Waals surface area (Å²) in [6.07, 6.45) is 4.70. The molecule has 2 unspecified atom stereocenters. The van der Waals surface area contributed by atoms with Crippen molar-refractivity contribution in [3.63, 3.8) is 0 Å². The molecule has 164 valence electrons. The summed E-state index contributed by atoms with van der Waals surface area (Å²) in [5.74, 6) is 1.73. The van der Waals surface area contributed by atoms with Crippen LogP contribution in [-0.4, -0.2) is 35.3 Å². The summed E-state index contributed by atoms with van der Waals surface area (Å²) >= 11 is 1.73. The molecule has 5 heteroatoms. The van der Waals surface area contributed by atoms with Crippen LogP contribution in [-0.2, 0) is 25.7 Å². The van der Waals surface area contributed by atoms with E-state index >= 15 is 0 Å². The van der Waals surface area contributed by atoms with Crippen molar-refractivity contribution in [3.8, 4) is 5.75 Å². The highest BCUT2D eigenvalue weighted by Gasteiger charge is 2.26. The van der Waals surface area contributed by atoms with Crippen molar-refractivity contribution < 1.29 is 19.7 Å². The Morgan fingerprint density at radius 1 is 1.27 bits per heavy atom. The first kappa shape index (κ1) is 23.0. The van der Waals surface area contributed by atoms with Crippen LogP contribution in [0.4, 0.5) is 0 Å². The number of hydrogen-bond donors (Lipinski definition) is 2. The number of ether oxygens (including phenoxy) is 1. The third-order valence-electron chi connectivity index (χ3n) is 6.01. The van der Waals surface area contributed by atoms with Gasteiger partial charge in [0.2, 0.25) is 0 Å². The van der Waals surface area contributed by atoms with Crippen LogP contribution in [0.25, 0.3) is 0 Å². The zero-order chi connectivity index (χ0) is 21.8. The fourth-order valence-corrected chi connectivity index (χ4v) is 5.71. The largest absolute Gasteiger partial charge is 0.490 e. The molecule has 1 aliphatic rings. The number of benzene rings is 1. The Hall–Kier alpha value is -1.69. The lowest BCUT2D eigenvalue weighted by Gasteiger charge is -2.20. The minimum absolute atomic E-state index is 0.0673. The first-order valence-electron chi connectivity index (χ1n) is 11.0. The number of Topliss-reactive ketones (excluding diaryl/α,β-unsaturated/α-hetero) is 1. The van der Waals surface area contributed by atoms with E-state index in [9.17, 15) is 9.90 Å². The number of aliphatic hydroxyl groups is 2. The van der Waals surface area contributed by atoms with E-state index in [1.54, 1.807) is 11.3 Å². The van der Waals surface area contributed by atoms with Crippen LogP contribution >= 0.6 is 11.3 Å². The Bertz CT molecular complexity index is 876. The van der Waals surface area contributed by atoms with Crippen molar-refractivity contribution >= 4 is 17.1 Å². The lowest BCUT2D eigenvalue weighted by molar-refractivity contribution is 0.0531. The van der Waals surface area contributed by atoms with Crippen LogP contribution in [0.15, 0.2) is 12.1 Å². The molecule has 0 amide bonds. The molecule has 0 saturated carbocycles. The second kappa shape index (κ2) is 10.1. The maximum Gasteiger partial charge on any atom is 0.173 e. The number of fused-ring (bicyclic) bond motifs is 1. The first-order chi connectivity index (χ1) is 14.3. The van der Waals surface area contributed by atoms with Crippen molar-refractivity contribution in [1.29, 1.82) is 0 Å². The predicted molar refractivity (Wildman–Crippen MR) is 122 cm³/mol. The maximum absolute atomic E-state index is 13.1. The van der Waals surface area contributed by atoms with Gasteiger partial charge in [-0.1, -0.05) is 26.0 Å². The third kappa shape index (κ3) is 5.13. The Balaban J connectivity index is 1.69. The highest BCUT2D eigenvalue weighted by Crippen LogP contribution is 2.37. The van der Waals surface area contributed by atoms with Crippen LogP contribution < -0.4 is 4.74 Å². The average Bonchev–Trinajstić information content (AvgIpc) is 3.09. The smallest absolute Gasteiger partial charge is 0.173 e. The molecule has 0 aliphatic heterocycles. The number of ketones is 1. The lowest BCUT2D eigenvalue weighted by Crippen LogP contribution is -2.21. The second-order valence-electron chi connectivity index (χ2n) is 8.64. The SMILES string of the molecule is CCc1sc(C(=O)CCc2cc(C)c(OCC(O)CO)c(C)c2)c2c1CC(C)CC2. The van der Waals surface area contributed by atoms with Gasteiger partial charge in [-0.15, -0.1) is 11.3 Å². The van der Waals surface area contributed by atoms with Gasteiger partial charge in [-0.3, -0.25) is 4.79 Å². The van der Waals surface area contributed by atoms with E-state index in [2.05, 4.69) is 26.0 Å². The Morgan fingerprint density at radius 2 is 1.97 bits per heavy atom. The fourth-order valence-electron chi connectivity index (χ4n) is 4.42. The number of aryl methyl sites for hydroxylation is 4. The van der Waals surface area contributed by atoms with E-state index in [1.807, 2.05) is 13.8 Å². The quantitative estimate of drug-likeness (QED) is 0.571. The molecule has 0 spiro atoms. The van der Waals surface area contributed by atoms with Gasteiger partial charge in [-0.25, -0.2) is 0 Å². The number of carbonyl (C=O) groups excluding carboxylic acids is 1. The highest BCUT2D eigenvalue weighted by atomic mass is 32.1. The minimum atomic E-state index is -0.881. The molecule has 2 N–H and O–H groups in total. The first-order valence-corrected chi connectivity index (χ1v) is 11.8. The number of aliphatic hydroxyl groups excluding tert-OH is 2. The Kier molecular flexibility index (Phi) is 7.72. The van der Waals surface area contributed by atoms with Crippen molar-refractivity contribution in [1.82, 2.24) is 0 Å². The Labute approximate surface area is 183 Å². The van der Waals surface area contributed by atoms with Gasteiger partial charge < -0.3 is 14.9 Å². The van der Waals surface area contributed by atoms with Crippen LogP contribution in [0, 0.1) is 19.8 Å². The minimum Gasteiger partial charge on any atom is -0.490 e. The zero-order valence-corrected chi connectivity index (χ0v) is 19.4. The van der Waals surface area contributed by atoms with Gasteiger partial charge in [0.1, 0.15) is 18.5 Å². The van der Waals surface area contributed by atoms with E-state index in [-0.39, 0.29) is 19.0 Å². The lowest BCUT2D eigenvalue weighted by atomic mass is 9.84. The van der Waals surface area contributed by atoms with Crippen molar-refractivity contribution in [3.05, 3.63) is 49.7 Å². The molecule has 1 aromatic heterocycles. The van der Waals surface area contributed by atoms with E-state index < -0.39 is 6.10 Å². The fraction of sp³-hybridized carbons (Fsp3) is 0.560. The summed E-state index contributed by atoms with van der Waals surface area (Å²) in [4.78, 5) is 15.5. The zero-order valence-electron chi connectivity index (χ0n) is 18.6. The highest BCUT2D eigenvalue weighted by molar-refractivity contribution is 7.14.